The van der Waals surface area contributed by atoms with Crippen molar-refractivity contribution in [3.05, 3.63) is 26.9 Å². The van der Waals surface area contributed by atoms with Gasteiger partial charge in [-0.25, -0.2) is 9.78 Å². The molecule has 0 saturated carbocycles. The molecule has 0 unspecified atom stereocenters. The third kappa shape index (κ3) is 2.74. The number of hydrogen-bond donors (Lipinski definition) is 1. The number of hydrogen-bond acceptors (Lipinski definition) is 7. The van der Waals surface area contributed by atoms with Crippen molar-refractivity contribution in [2.75, 3.05) is 0 Å². The molecule has 100 valence electrons. The Morgan fingerprint density at radius 1 is 1.63 bits per heavy atom. The van der Waals surface area contributed by atoms with Gasteiger partial charge in [0.2, 0.25) is 5.03 Å². The minimum Gasteiger partial charge on any atom is -0.477 e. The third-order valence-corrected chi connectivity index (χ3v) is 4.32. The van der Waals surface area contributed by atoms with Crippen LogP contribution in [0, 0.1) is 17.0 Å². The number of rotatable bonds is 4. The standard InChI is InChI=1S/C9H8N4O4S2/c1-4-6(8(14)15)18-9(10-4)19-7-5(13(16)17)3-12(2)11-7/h3H,1-2H3,(H,14,15). The predicted octanol–water partition coefficient (Wildman–Crippen LogP) is 1.94. The number of aryl methyl sites for hydroxylation is 2. The van der Waals surface area contributed by atoms with Crippen LogP contribution in [0.25, 0.3) is 0 Å². The van der Waals surface area contributed by atoms with Crippen LogP contribution < -0.4 is 0 Å². The van der Waals surface area contributed by atoms with Gasteiger partial charge in [-0.3, -0.25) is 14.8 Å². The van der Waals surface area contributed by atoms with E-state index in [2.05, 4.69) is 10.1 Å². The van der Waals surface area contributed by atoms with Crippen molar-refractivity contribution in [3.8, 4) is 0 Å². The van der Waals surface area contributed by atoms with Gasteiger partial charge < -0.3 is 5.11 Å². The molecule has 0 atom stereocenters. The fourth-order valence-corrected chi connectivity index (χ4v) is 3.39. The van der Waals surface area contributed by atoms with Crippen LogP contribution in [0.15, 0.2) is 15.6 Å². The molecule has 2 aromatic heterocycles. The lowest BCUT2D eigenvalue weighted by molar-refractivity contribution is -0.387. The maximum atomic E-state index is 10.9. The number of aromatic nitrogens is 3. The van der Waals surface area contributed by atoms with Crippen molar-refractivity contribution in [2.45, 2.75) is 16.3 Å². The summed E-state index contributed by atoms with van der Waals surface area (Å²) in [4.78, 5) is 25.4. The highest BCUT2D eigenvalue weighted by Gasteiger charge is 2.22. The van der Waals surface area contributed by atoms with Gasteiger partial charge in [0.05, 0.1) is 10.6 Å². The molecule has 2 heterocycles. The molecule has 0 amide bonds. The summed E-state index contributed by atoms with van der Waals surface area (Å²) in [6.07, 6.45) is 1.29. The predicted molar refractivity (Wildman–Crippen MR) is 67.8 cm³/mol. The van der Waals surface area contributed by atoms with Crippen molar-refractivity contribution in [1.82, 2.24) is 14.8 Å². The SMILES string of the molecule is Cc1nc(Sc2nn(C)cc2[N+](=O)[O-])sc1C(=O)O. The van der Waals surface area contributed by atoms with Gasteiger partial charge >= 0.3 is 11.7 Å². The average Bonchev–Trinajstić information content (AvgIpc) is 2.82. The molecule has 0 fully saturated rings. The summed E-state index contributed by atoms with van der Waals surface area (Å²) in [6, 6.07) is 0. The number of nitro groups is 1. The number of thiazole rings is 1. The second-order valence-electron chi connectivity index (χ2n) is 3.55. The highest BCUT2D eigenvalue weighted by atomic mass is 32.2. The van der Waals surface area contributed by atoms with E-state index in [9.17, 15) is 14.9 Å². The monoisotopic (exact) mass is 300 g/mol. The first-order valence-electron chi connectivity index (χ1n) is 4.95. The van der Waals surface area contributed by atoms with Crippen LogP contribution in [0.2, 0.25) is 0 Å². The van der Waals surface area contributed by atoms with Crippen molar-refractivity contribution < 1.29 is 14.8 Å². The maximum absolute atomic E-state index is 10.9. The normalized spacial score (nSPS) is 10.6. The van der Waals surface area contributed by atoms with Gasteiger partial charge in [0.1, 0.15) is 11.1 Å². The number of carboxylic acids is 1. The highest BCUT2D eigenvalue weighted by Crippen LogP contribution is 2.36. The van der Waals surface area contributed by atoms with E-state index >= 15 is 0 Å². The Labute approximate surface area is 115 Å². The maximum Gasteiger partial charge on any atom is 0.347 e. The van der Waals surface area contributed by atoms with Crippen LogP contribution in [0.3, 0.4) is 0 Å². The van der Waals surface area contributed by atoms with E-state index in [0.29, 0.717) is 10.0 Å². The molecule has 2 rings (SSSR count). The largest absolute Gasteiger partial charge is 0.477 e. The Bertz CT molecular complexity index is 663. The first-order valence-corrected chi connectivity index (χ1v) is 6.58. The fourth-order valence-electron chi connectivity index (χ4n) is 1.35. The molecular formula is C9H8N4O4S2. The number of carbonyl (C=O) groups is 1. The summed E-state index contributed by atoms with van der Waals surface area (Å²) < 4.78 is 1.75. The molecule has 0 saturated heterocycles. The first-order chi connectivity index (χ1) is 8.88. The molecule has 1 N–H and O–H groups in total. The lowest BCUT2D eigenvalue weighted by atomic mass is 10.4. The van der Waals surface area contributed by atoms with Crippen molar-refractivity contribution in [1.29, 1.82) is 0 Å². The summed E-state index contributed by atoms with van der Waals surface area (Å²) >= 11 is 1.96. The molecular weight excluding hydrogens is 292 g/mol. The Balaban J connectivity index is 2.34. The van der Waals surface area contributed by atoms with Gasteiger partial charge in [-0.05, 0) is 18.7 Å². The van der Waals surface area contributed by atoms with E-state index in [-0.39, 0.29) is 15.6 Å². The molecule has 10 heteroatoms. The summed E-state index contributed by atoms with van der Waals surface area (Å²) in [7, 11) is 1.58. The van der Waals surface area contributed by atoms with E-state index in [0.717, 1.165) is 23.1 Å². The molecule has 0 aliphatic rings. The Morgan fingerprint density at radius 2 is 2.32 bits per heavy atom. The first kappa shape index (κ1) is 13.5. The number of carboxylic acid groups (broad SMARTS) is 1. The van der Waals surface area contributed by atoms with E-state index in [4.69, 9.17) is 5.11 Å². The zero-order chi connectivity index (χ0) is 14.2. The van der Waals surface area contributed by atoms with E-state index in [1.807, 2.05) is 0 Å². The van der Waals surface area contributed by atoms with Gasteiger partial charge in [-0.1, -0.05) is 11.3 Å². The minimum atomic E-state index is -1.06. The molecule has 0 aliphatic carbocycles. The van der Waals surface area contributed by atoms with Crippen LogP contribution in [-0.4, -0.2) is 30.8 Å². The molecule has 2 aromatic rings. The lowest BCUT2D eigenvalue weighted by Gasteiger charge is -1.91. The van der Waals surface area contributed by atoms with Gasteiger partial charge in [-0.2, -0.15) is 5.10 Å². The Kier molecular flexibility index (Phi) is 3.53. The highest BCUT2D eigenvalue weighted by molar-refractivity contribution is 8.01. The summed E-state index contributed by atoms with van der Waals surface area (Å²) in [5.74, 6) is -1.06. The van der Waals surface area contributed by atoms with Gasteiger partial charge in [0.15, 0.2) is 4.34 Å². The molecule has 19 heavy (non-hydrogen) atoms. The molecule has 0 aliphatic heterocycles. The quantitative estimate of drug-likeness (QED) is 0.678. The second kappa shape index (κ2) is 4.97. The van der Waals surface area contributed by atoms with Gasteiger partial charge in [0.25, 0.3) is 0 Å². The van der Waals surface area contributed by atoms with Crippen LogP contribution >= 0.6 is 23.1 Å². The van der Waals surface area contributed by atoms with E-state index in [1.165, 1.54) is 10.9 Å². The topological polar surface area (TPSA) is 111 Å². The van der Waals surface area contributed by atoms with Gasteiger partial charge in [0, 0.05) is 7.05 Å². The molecule has 0 radical (unpaired) electrons. The zero-order valence-corrected chi connectivity index (χ0v) is 11.5. The summed E-state index contributed by atoms with van der Waals surface area (Å²) in [6.45, 7) is 1.58. The van der Waals surface area contributed by atoms with Crippen molar-refractivity contribution in [2.24, 2.45) is 7.05 Å². The fraction of sp³-hybridized carbons (Fsp3) is 0.222. The molecule has 0 aromatic carbocycles. The van der Waals surface area contributed by atoms with Crippen LogP contribution in [-0.2, 0) is 7.05 Å². The van der Waals surface area contributed by atoms with Crippen molar-refractivity contribution in [3.63, 3.8) is 0 Å². The lowest BCUT2D eigenvalue weighted by Crippen LogP contribution is -1.94. The Hall–Kier alpha value is -1.94. The van der Waals surface area contributed by atoms with Gasteiger partial charge in [-0.15, -0.1) is 0 Å². The number of aromatic carboxylic acids is 1. The van der Waals surface area contributed by atoms with E-state index in [1.54, 1.807) is 14.0 Å². The van der Waals surface area contributed by atoms with E-state index < -0.39 is 10.9 Å². The summed E-state index contributed by atoms with van der Waals surface area (Å²) in [5.41, 5.74) is 0.260. The average molecular weight is 300 g/mol. The summed E-state index contributed by atoms with van der Waals surface area (Å²) in [5, 5.41) is 23.9. The molecule has 0 bridgehead atoms. The zero-order valence-electron chi connectivity index (χ0n) is 9.85. The molecule has 8 nitrogen and oxygen atoms in total. The van der Waals surface area contributed by atoms with Crippen LogP contribution in [0.5, 0.6) is 0 Å². The third-order valence-electron chi connectivity index (χ3n) is 2.13. The number of nitrogens with zero attached hydrogens (tertiary/aromatic N) is 4. The van der Waals surface area contributed by atoms with Crippen LogP contribution in [0.1, 0.15) is 15.4 Å². The smallest absolute Gasteiger partial charge is 0.347 e. The molecule has 0 spiro atoms. The second-order valence-corrected chi connectivity index (χ2v) is 5.79. The minimum absolute atomic E-state index is 0.126. The van der Waals surface area contributed by atoms with Crippen molar-refractivity contribution >= 4 is 34.8 Å². The Morgan fingerprint density at radius 3 is 2.84 bits per heavy atom. The van der Waals surface area contributed by atoms with Crippen LogP contribution in [0.4, 0.5) is 5.69 Å².